The lowest BCUT2D eigenvalue weighted by molar-refractivity contribution is 0.935. The molecular formula is C16H22Si. The molecule has 0 amide bonds. The zero-order valence-electron chi connectivity index (χ0n) is 11.2. The van der Waals surface area contributed by atoms with Crippen LogP contribution >= 0.6 is 0 Å². The van der Waals surface area contributed by atoms with Crippen LogP contribution in [0.4, 0.5) is 0 Å². The molecule has 1 atom stereocenters. The van der Waals surface area contributed by atoms with Crippen LogP contribution in [0.3, 0.4) is 0 Å². The van der Waals surface area contributed by atoms with Crippen LogP contribution in [0.2, 0.25) is 12.1 Å². The molecule has 17 heavy (non-hydrogen) atoms. The van der Waals surface area contributed by atoms with Crippen LogP contribution in [0.25, 0.3) is 6.08 Å². The lowest BCUT2D eigenvalue weighted by Crippen LogP contribution is -2.20. The largest absolute Gasteiger partial charge is 0.0682 e. The summed E-state index contributed by atoms with van der Waals surface area (Å²) in [7, 11) is -0.545. The average Bonchev–Trinajstić information content (AvgIpc) is 2.90. The van der Waals surface area contributed by atoms with Gasteiger partial charge in [-0.2, -0.15) is 0 Å². The van der Waals surface area contributed by atoms with Crippen LogP contribution < -0.4 is 0 Å². The van der Waals surface area contributed by atoms with Gasteiger partial charge in [-0.1, -0.05) is 48.7 Å². The van der Waals surface area contributed by atoms with E-state index in [9.17, 15) is 0 Å². The number of hydrogen-bond donors (Lipinski definition) is 0. The van der Waals surface area contributed by atoms with Crippen molar-refractivity contribution in [3.63, 3.8) is 0 Å². The second-order valence-corrected chi connectivity index (χ2v) is 9.28. The van der Waals surface area contributed by atoms with Crippen LogP contribution in [0.1, 0.15) is 47.6 Å². The molecule has 1 heterocycles. The Balaban J connectivity index is 2.10. The predicted molar refractivity (Wildman–Crippen MR) is 78.3 cm³/mol. The Bertz CT molecular complexity index is 479. The van der Waals surface area contributed by atoms with Crippen molar-refractivity contribution in [1.82, 2.24) is 0 Å². The average molecular weight is 242 g/mol. The molecule has 0 nitrogen and oxygen atoms in total. The number of aryl methyl sites for hydroxylation is 2. The number of rotatable bonds is 1. The van der Waals surface area contributed by atoms with E-state index in [4.69, 9.17) is 0 Å². The second-order valence-electron chi connectivity index (χ2n) is 5.94. The van der Waals surface area contributed by atoms with E-state index in [1.807, 2.05) is 0 Å². The van der Waals surface area contributed by atoms with E-state index in [1.165, 1.54) is 24.0 Å². The summed E-state index contributed by atoms with van der Waals surface area (Å²) < 4.78 is 0. The number of benzene rings is 1. The Labute approximate surface area is 106 Å². The molecule has 1 aliphatic carbocycles. The quantitative estimate of drug-likeness (QED) is 0.642. The molecule has 1 aromatic carbocycles. The van der Waals surface area contributed by atoms with E-state index in [2.05, 4.69) is 39.0 Å². The van der Waals surface area contributed by atoms with Crippen molar-refractivity contribution in [3.8, 4) is 0 Å². The minimum atomic E-state index is -0.545. The van der Waals surface area contributed by atoms with E-state index in [1.54, 1.807) is 28.8 Å². The third-order valence-electron chi connectivity index (χ3n) is 4.77. The summed E-state index contributed by atoms with van der Waals surface area (Å²) in [6, 6.07) is 7.76. The first-order valence-electron chi connectivity index (χ1n) is 6.97. The maximum atomic E-state index is 2.48. The highest BCUT2D eigenvalue weighted by Crippen LogP contribution is 2.44. The third-order valence-corrected chi connectivity index (χ3v) is 8.87. The van der Waals surface area contributed by atoms with Crippen LogP contribution in [0.5, 0.6) is 0 Å². The van der Waals surface area contributed by atoms with Gasteiger partial charge in [0.15, 0.2) is 0 Å². The lowest BCUT2D eigenvalue weighted by Gasteiger charge is -2.22. The predicted octanol–water partition coefficient (Wildman–Crippen LogP) is 4.36. The SMILES string of the molecule is CC1=Cc2c(C)ccc(C)c2C1[SiH]1CCCC1. The number of hydrogen-bond acceptors (Lipinski definition) is 0. The van der Waals surface area contributed by atoms with Gasteiger partial charge >= 0.3 is 0 Å². The fraction of sp³-hybridized carbons (Fsp3) is 0.500. The summed E-state index contributed by atoms with van der Waals surface area (Å²) in [5.74, 6) is 0. The molecule has 0 spiro atoms. The molecule has 1 aromatic rings. The Morgan fingerprint density at radius 2 is 1.65 bits per heavy atom. The zero-order chi connectivity index (χ0) is 12.0. The third kappa shape index (κ3) is 1.72. The normalized spacial score (nSPS) is 23.9. The Morgan fingerprint density at radius 1 is 1.00 bits per heavy atom. The lowest BCUT2D eigenvalue weighted by atomic mass is 9.99. The molecule has 1 heteroatoms. The molecular weight excluding hydrogens is 220 g/mol. The van der Waals surface area contributed by atoms with Crippen LogP contribution in [-0.2, 0) is 0 Å². The van der Waals surface area contributed by atoms with Gasteiger partial charge in [0, 0.05) is 0 Å². The first-order valence-corrected chi connectivity index (χ1v) is 9.26. The van der Waals surface area contributed by atoms with E-state index in [0.717, 1.165) is 5.54 Å². The van der Waals surface area contributed by atoms with Gasteiger partial charge in [-0.15, -0.1) is 0 Å². The minimum absolute atomic E-state index is 0.545. The first kappa shape index (κ1) is 11.3. The molecule has 1 saturated heterocycles. The van der Waals surface area contributed by atoms with Gasteiger partial charge in [0.25, 0.3) is 0 Å². The minimum Gasteiger partial charge on any atom is -0.0682 e. The van der Waals surface area contributed by atoms with E-state index in [0.29, 0.717) is 0 Å². The van der Waals surface area contributed by atoms with Crippen molar-refractivity contribution in [2.75, 3.05) is 0 Å². The fourth-order valence-corrected chi connectivity index (χ4v) is 8.24. The standard InChI is InChI=1S/C16H22Si/c1-11-6-7-12(2)15-14(11)10-13(3)16(15)17-8-4-5-9-17/h6-7,10,16-17H,4-5,8-9H2,1-3H3. The van der Waals surface area contributed by atoms with Gasteiger partial charge in [0.2, 0.25) is 0 Å². The summed E-state index contributed by atoms with van der Waals surface area (Å²) >= 11 is 0. The summed E-state index contributed by atoms with van der Waals surface area (Å²) in [5.41, 5.74) is 8.80. The highest BCUT2D eigenvalue weighted by Gasteiger charge is 2.34. The highest BCUT2D eigenvalue weighted by molar-refractivity contribution is 6.62. The van der Waals surface area contributed by atoms with Gasteiger partial charge in [0.1, 0.15) is 0 Å². The van der Waals surface area contributed by atoms with Gasteiger partial charge in [-0.3, -0.25) is 0 Å². The van der Waals surface area contributed by atoms with E-state index < -0.39 is 8.80 Å². The van der Waals surface area contributed by atoms with Gasteiger partial charge in [-0.05, 0) is 48.6 Å². The molecule has 0 radical (unpaired) electrons. The molecule has 1 aliphatic heterocycles. The first-order chi connectivity index (χ1) is 8.18. The summed E-state index contributed by atoms with van der Waals surface area (Å²) in [4.78, 5) is 0. The highest BCUT2D eigenvalue weighted by atomic mass is 28.3. The van der Waals surface area contributed by atoms with Gasteiger partial charge < -0.3 is 0 Å². The van der Waals surface area contributed by atoms with Crippen molar-refractivity contribution in [1.29, 1.82) is 0 Å². The molecule has 90 valence electrons. The summed E-state index contributed by atoms with van der Waals surface area (Å²) in [6.07, 6.45) is 5.48. The number of allylic oxidation sites excluding steroid dienone is 1. The van der Waals surface area contributed by atoms with E-state index in [-0.39, 0.29) is 0 Å². The van der Waals surface area contributed by atoms with Crippen molar-refractivity contribution < 1.29 is 0 Å². The molecule has 0 saturated carbocycles. The molecule has 1 unspecified atom stereocenters. The molecule has 0 bridgehead atoms. The Kier molecular flexibility index (Phi) is 2.74. The summed E-state index contributed by atoms with van der Waals surface area (Å²) in [6.45, 7) is 6.94. The van der Waals surface area contributed by atoms with E-state index >= 15 is 0 Å². The van der Waals surface area contributed by atoms with Crippen molar-refractivity contribution >= 4 is 14.9 Å². The van der Waals surface area contributed by atoms with Crippen molar-refractivity contribution in [3.05, 3.63) is 40.0 Å². The molecule has 0 aromatic heterocycles. The fourth-order valence-electron chi connectivity index (χ4n) is 3.90. The molecule has 0 N–H and O–H groups in total. The molecule has 1 fully saturated rings. The van der Waals surface area contributed by atoms with Crippen LogP contribution in [0, 0.1) is 13.8 Å². The van der Waals surface area contributed by atoms with Crippen molar-refractivity contribution in [2.45, 2.75) is 51.2 Å². The zero-order valence-corrected chi connectivity index (χ0v) is 12.4. The smallest absolute Gasteiger partial charge is 0.0500 e. The molecule has 2 aliphatic rings. The molecule has 3 rings (SSSR count). The maximum absolute atomic E-state index is 2.48. The monoisotopic (exact) mass is 242 g/mol. The Morgan fingerprint density at radius 3 is 2.35 bits per heavy atom. The maximum Gasteiger partial charge on any atom is 0.0500 e. The van der Waals surface area contributed by atoms with Gasteiger partial charge in [-0.25, -0.2) is 0 Å². The van der Waals surface area contributed by atoms with Gasteiger partial charge in [0.05, 0.1) is 8.80 Å². The topological polar surface area (TPSA) is 0 Å². The van der Waals surface area contributed by atoms with Crippen LogP contribution in [-0.4, -0.2) is 8.80 Å². The van der Waals surface area contributed by atoms with Crippen molar-refractivity contribution in [2.24, 2.45) is 0 Å². The second kappa shape index (κ2) is 4.13. The number of fused-ring (bicyclic) bond motifs is 1. The van der Waals surface area contributed by atoms with Crippen LogP contribution in [0.15, 0.2) is 17.7 Å². The Hall–Kier alpha value is -0.823. The summed E-state index contributed by atoms with van der Waals surface area (Å²) in [5, 5.41) is 0.